The van der Waals surface area contributed by atoms with E-state index < -0.39 is 0 Å². The molecule has 0 aromatic carbocycles. The summed E-state index contributed by atoms with van der Waals surface area (Å²) in [6.45, 7) is 0.635. The minimum Gasteiger partial charge on any atom is -0.330 e. The van der Waals surface area contributed by atoms with Crippen LogP contribution in [0.15, 0.2) is 6.20 Å². The van der Waals surface area contributed by atoms with Crippen LogP contribution in [0.3, 0.4) is 0 Å². The van der Waals surface area contributed by atoms with E-state index in [2.05, 4.69) is 15.1 Å². The van der Waals surface area contributed by atoms with Crippen LogP contribution in [0.2, 0.25) is 0 Å². The van der Waals surface area contributed by atoms with Gasteiger partial charge >= 0.3 is 0 Å². The van der Waals surface area contributed by atoms with Crippen molar-refractivity contribution in [1.29, 1.82) is 0 Å². The summed E-state index contributed by atoms with van der Waals surface area (Å²) in [5.41, 5.74) is 6.53. The van der Waals surface area contributed by atoms with Gasteiger partial charge in [0.25, 0.3) is 5.78 Å². The average Bonchev–Trinajstić information content (AvgIpc) is 2.88. The monoisotopic (exact) mass is 233 g/mol. The maximum absolute atomic E-state index is 5.52. The summed E-state index contributed by atoms with van der Waals surface area (Å²) < 4.78 is 1.93. The molecule has 1 aliphatic carbocycles. The highest BCUT2D eigenvalue weighted by atomic mass is 15.3. The topological polar surface area (TPSA) is 72.0 Å². The van der Waals surface area contributed by atoms with Crippen molar-refractivity contribution >= 4 is 5.78 Å². The van der Waals surface area contributed by atoms with Crippen LogP contribution in [0.4, 0.5) is 0 Å². The van der Waals surface area contributed by atoms with E-state index in [9.17, 15) is 0 Å². The lowest BCUT2D eigenvalue weighted by molar-refractivity contribution is 0.429. The first-order valence-corrected chi connectivity index (χ1v) is 6.51. The van der Waals surface area contributed by atoms with Gasteiger partial charge in [0, 0.05) is 12.3 Å². The molecule has 0 atom stereocenters. The molecule has 92 valence electrons. The first-order valence-electron chi connectivity index (χ1n) is 6.51. The van der Waals surface area contributed by atoms with Crippen molar-refractivity contribution in [3.63, 3.8) is 0 Å². The molecular weight excluding hydrogens is 214 g/mol. The summed E-state index contributed by atoms with van der Waals surface area (Å²) in [6.07, 6.45) is 9.35. The number of fused-ring (bicyclic) bond motifs is 1. The zero-order chi connectivity index (χ0) is 11.7. The SMILES string of the molecule is NCCc1cn2[nH]c(C3CCCCC3)nc2n1. The molecule has 17 heavy (non-hydrogen) atoms. The number of hydrogen-bond donors (Lipinski definition) is 2. The lowest BCUT2D eigenvalue weighted by Gasteiger charge is -2.18. The van der Waals surface area contributed by atoms with Crippen molar-refractivity contribution in [3.8, 4) is 0 Å². The molecule has 2 aromatic rings. The van der Waals surface area contributed by atoms with Crippen LogP contribution in [-0.2, 0) is 6.42 Å². The molecule has 0 bridgehead atoms. The summed E-state index contributed by atoms with van der Waals surface area (Å²) in [5, 5.41) is 3.35. The van der Waals surface area contributed by atoms with Crippen LogP contribution >= 0.6 is 0 Å². The fourth-order valence-corrected chi connectivity index (χ4v) is 2.66. The van der Waals surface area contributed by atoms with E-state index in [0.29, 0.717) is 12.5 Å². The fourth-order valence-electron chi connectivity index (χ4n) is 2.66. The molecule has 0 unspecified atom stereocenters. The van der Waals surface area contributed by atoms with Crippen molar-refractivity contribution in [3.05, 3.63) is 17.7 Å². The number of rotatable bonds is 3. The predicted octanol–water partition coefficient (Wildman–Crippen LogP) is 1.61. The van der Waals surface area contributed by atoms with Gasteiger partial charge in [-0.25, -0.2) is 9.50 Å². The van der Waals surface area contributed by atoms with Crippen LogP contribution in [0, 0.1) is 0 Å². The third-order valence-electron chi connectivity index (χ3n) is 3.58. The first-order chi connectivity index (χ1) is 8.36. The molecule has 2 heterocycles. The highest BCUT2D eigenvalue weighted by Crippen LogP contribution is 2.30. The molecule has 0 saturated heterocycles. The van der Waals surface area contributed by atoms with Gasteiger partial charge in [0.1, 0.15) is 5.82 Å². The molecule has 0 amide bonds. The zero-order valence-corrected chi connectivity index (χ0v) is 10.0. The van der Waals surface area contributed by atoms with Crippen LogP contribution in [0.5, 0.6) is 0 Å². The number of nitrogens with two attached hydrogens (primary N) is 1. The standard InChI is InChI=1S/C12H19N5/c13-7-6-10-8-17-12(14-10)15-11(16-17)9-4-2-1-3-5-9/h8-9H,1-7,13H2,(H,14,15,16). The van der Waals surface area contributed by atoms with Gasteiger partial charge in [-0.05, 0) is 19.4 Å². The first kappa shape index (κ1) is 10.8. The van der Waals surface area contributed by atoms with E-state index in [4.69, 9.17) is 5.73 Å². The molecule has 0 spiro atoms. The van der Waals surface area contributed by atoms with E-state index in [0.717, 1.165) is 23.7 Å². The number of imidazole rings is 1. The molecule has 3 N–H and O–H groups in total. The second-order valence-corrected chi connectivity index (χ2v) is 4.88. The van der Waals surface area contributed by atoms with Gasteiger partial charge in [0.05, 0.1) is 11.9 Å². The second-order valence-electron chi connectivity index (χ2n) is 4.88. The Morgan fingerprint density at radius 1 is 1.29 bits per heavy atom. The Bertz CT molecular complexity index is 460. The molecule has 0 aliphatic heterocycles. The average molecular weight is 233 g/mol. The van der Waals surface area contributed by atoms with Crippen molar-refractivity contribution in [1.82, 2.24) is 19.6 Å². The third-order valence-corrected chi connectivity index (χ3v) is 3.58. The van der Waals surface area contributed by atoms with Crippen LogP contribution in [-0.4, -0.2) is 26.1 Å². The van der Waals surface area contributed by atoms with Crippen molar-refractivity contribution < 1.29 is 0 Å². The van der Waals surface area contributed by atoms with E-state index >= 15 is 0 Å². The Hall–Kier alpha value is -1.36. The minimum atomic E-state index is 0.600. The van der Waals surface area contributed by atoms with E-state index in [1.807, 2.05) is 10.7 Å². The van der Waals surface area contributed by atoms with Gasteiger partial charge in [-0.15, -0.1) is 0 Å². The Morgan fingerprint density at radius 3 is 2.82 bits per heavy atom. The smallest absolute Gasteiger partial charge is 0.250 e. The molecule has 0 radical (unpaired) electrons. The van der Waals surface area contributed by atoms with Crippen molar-refractivity contribution in [2.75, 3.05) is 6.54 Å². The second kappa shape index (κ2) is 4.49. The number of nitrogens with zero attached hydrogens (tertiary/aromatic N) is 3. The largest absolute Gasteiger partial charge is 0.330 e. The maximum Gasteiger partial charge on any atom is 0.250 e. The number of H-pyrrole nitrogens is 1. The van der Waals surface area contributed by atoms with Gasteiger partial charge in [0.15, 0.2) is 0 Å². The molecule has 2 aromatic heterocycles. The lowest BCUT2D eigenvalue weighted by atomic mass is 9.89. The predicted molar refractivity (Wildman–Crippen MR) is 65.9 cm³/mol. The van der Waals surface area contributed by atoms with Crippen molar-refractivity contribution in [2.24, 2.45) is 5.73 Å². The molecule has 5 nitrogen and oxygen atoms in total. The van der Waals surface area contributed by atoms with E-state index in [-0.39, 0.29) is 0 Å². The van der Waals surface area contributed by atoms with Crippen LogP contribution in [0.25, 0.3) is 5.78 Å². The van der Waals surface area contributed by atoms with Crippen LogP contribution < -0.4 is 5.73 Å². The van der Waals surface area contributed by atoms with Gasteiger partial charge in [0.2, 0.25) is 0 Å². The highest BCUT2D eigenvalue weighted by Gasteiger charge is 2.19. The summed E-state index contributed by atoms with van der Waals surface area (Å²) in [6, 6.07) is 0. The van der Waals surface area contributed by atoms with E-state index in [1.165, 1.54) is 32.1 Å². The van der Waals surface area contributed by atoms with Crippen LogP contribution in [0.1, 0.15) is 49.5 Å². The highest BCUT2D eigenvalue weighted by molar-refractivity contribution is 5.30. The number of aromatic amines is 1. The maximum atomic E-state index is 5.52. The van der Waals surface area contributed by atoms with Crippen molar-refractivity contribution in [2.45, 2.75) is 44.4 Å². The number of aromatic nitrogens is 4. The zero-order valence-electron chi connectivity index (χ0n) is 10.0. The quantitative estimate of drug-likeness (QED) is 0.846. The Kier molecular flexibility index (Phi) is 2.84. The molecule has 1 aliphatic rings. The lowest BCUT2D eigenvalue weighted by Crippen LogP contribution is -2.07. The third kappa shape index (κ3) is 2.07. The van der Waals surface area contributed by atoms with Gasteiger partial charge in [-0.2, -0.15) is 4.98 Å². The minimum absolute atomic E-state index is 0.600. The molecule has 5 heteroatoms. The van der Waals surface area contributed by atoms with Gasteiger partial charge in [-0.3, -0.25) is 5.10 Å². The van der Waals surface area contributed by atoms with Gasteiger partial charge < -0.3 is 5.73 Å². The number of hydrogen-bond acceptors (Lipinski definition) is 3. The molecule has 1 saturated carbocycles. The Balaban J connectivity index is 1.84. The number of nitrogens with one attached hydrogen (secondary N) is 1. The Morgan fingerprint density at radius 2 is 2.12 bits per heavy atom. The summed E-state index contributed by atoms with van der Waals surface area (Å²) in [5.74, 6) is 2.49. The normalized spacial score (nSPS) is 17.9. The summed E-state index contributed by atoms with van der Waals surface area (Å²) >= 11 is 0. The van der Waals surface area contributed by atoms with E-state index in [1.54, 1.807) is 0 Å². The summed E-state index contributed by atoms with van der Waals surface area (Å²) in [7, 11) is 0. The molecular formula is C12H19N5. The molecule has 3 rings (SSSR count). The fraction of sp³-hybridized carbons (Fsp3) is 0.667. The molecule has 1 fully saturated rings. The summed E-state index contributed by atoms with van der Waals surface area (Å²) in [4.78, 5) is 9.05. The van der Waals surface area contributed by atoms with Gasteiger partial charge in [-0.1, -0.05) is 19.3 Å². The Labute approximate surface area is 100 Å².